The lowest BCUT2D eigenvalue weighted by atomic mass is 10.2. The Balaban J connectivity index is 2.58. The van der Waals surface area contributed by atoms with Gasteiger partial charge in [-0.25, -0.2) is 9.18 Å². The zero-order chi connectivity index (χ0) is 15.1. The van der Waals surface area contributed by atoms with Crippen LogP contribution in [-0.2, 0) is 16.1 Å². The summed E-state index contributed by atoms with van der Waals surface area (Å²) in [6.07, 6.45) is 0. The molecule has 0 aromatic heterocycles. The van der Waals surface area contributed by atoms with Gasteiger partial charge in [0.15, 0.2) is 0 Å². The summed E-state index contributed by atoms with van der Waals surface area (Å²) < 4.78 is 12.7. The first-order chi connectivity index (χ1) is 9.38. The summed E-state index contributed by atoms with van der Waals surface area (Å²) in [5, 5.41) is 19.6. The number of rotatable bonds is 6. The Hall–Kier alpha value is -2.64. The fourth-order valence-electron chi connectivity index (χ4n) is 1.42. The highest BCUT2D eigenvalue weighted by Gasteiger charge is 2.19. The fraction of sp³-hybridized carbons (Fsp3) is 0.250. The average Bonchev–Trinajstić information content (AvgIpc) is 2.36. The lowest BCUT2D eigenvalue weighted by molar-refractivity contribution is -0.140. The smallest absolute Gasteiger partial charge is 0.323 e. The summed E-state index contributed by atoms with van der Waals surface area (Å²) in [6.45, 7) is -1.40. The second kappa shape index (κ2) is 7.07. The van der Waals surface area contributed by atoms with Gasteiger partial charge in [0.2, 0.25) is 0 Å². The maximum atomic E-state index is 12.7. The van der Waals surface area contributed by atoms with E-state index in [1.807, 2.05) is 0 Å². The molecule has 1 rings (SSSR count). The molecule has 0 aliphatic heterocycles. The van der Waals surface area contributed by atoms with Gasteiger partial charge in [-0.3, -0.25) is 9.59 Å². The molecular formula is C12H13FN2O5. The van der Waals surface area contributed by atoms with Crippen LogP contribution in [-0.4, -0.2) is 46.2 Å². The Kier molecular flexibility index (Phi) is 5.45. The third-order valence-corrected chi connectivity index (χ3v) is 2.30. The Labute approximate surface area is 113 Å². The van der Waals surface area contributed by atoms with E-state index in [2.05, 4.69) is 5.32 Å². The van der Waals surface area contributed by atoms with Crippen molar-refractivity contribution in [3.05, 3.63) is 35.6 Å². The van der Waals surface area contributed by atoms with Crippen molar-refractivity contribution in [1.29, 1.82) is 0 Å². The van der Waals surface area contributed by atoms with E-state index >= 15 is 0 Å². The number of carbonyl (C=O) groups is 3. The lowest BCUT2D eigenvalue weighted by Crippen LogP contribution is -2.45. The van der Waals surface area contributed by atoms with E-state index < -0.39 is 36.9 Å². The maximum Gasteiger partial charge on any atom is 0.323 e. The molecule has 0 radical (unpaired) electrons. The van der Waals surface area contributed by atoms with Crippen LogP contribution in [0.25, 0.3) is 0 Å². The summed E-state index contributed by atoms with van der Waals surface area (Å²) >= 11 is 0. The lowest BCUT2D eigenvalue weighted by Gasteiger charge is -2.19. The molecule has 0 unspecified atom stereocenters. The number of halogens is 1. The fourth-order valence-corrected chi connectivity index (χ4v) is 1.42. The zero-order valence-electron chi connectivity index (χ0n) is 10.4. The molecule has 108 valence electrons. The third-order valence-electron chi connectivity index (χ3n) is 2.30. The molecular weight excluding hydrogens is 271 g/mol. The van der Waals surface area contributed by atoms with Crippen molar-refractivity contribution < 1.29 is 29.0 Å². The Bertz CT molecular complexity index is 487. The topological polar surface area (TPSA) is 107 Å². The van der Waals surface area contributed by atoms with Crippen molar-refractivity contribution in [1.82, 2.24) is 10.2 Å². The van der Waals surface area contributed by atoms with Gasteiger partial charge in [0, 0.05) is 6.54 Å². The molecule has 0 bridgehead atoms. The van der Waals surface area contributed by atoms with Crippen LogP contribution in [0, 0.1) is 5.82 Å². The molecule has 0 atom stereocenters. The molecule has 3 N–H and O–H groups in total. The first-order valence-corrected chi connectivity index (χ1v) is 5.59. The number of benzene rings is 1. The molecule has 1 aromatic carbocycles. The summed E-state index contributed by atoms with van der Waals surface area (Å²) in [5.41, 5.74) is 0.602. The van der Waals surface area contributed by atoms with E-state index in [1.165, 1.54) is 24.3 Å². The van der Waals surface area contributed by atoms with Gasteiger partial charge >= 0.3 is 18.0 Å². The molecule has 2 amide bonds. The van der Waals surface area contributed by atoms with E-state index in [0.29, 0.717) is 10.5 Å². The predicted octanol–water partition coefficient (Wildman–Crippen LogP) is 0.506. The summed E-state index contributed by atoms with van der Waals surface area (Å²) in [4.78, 5) is 33.4. The Morgan fingerprint density at radius 3 is 2.00 bits per heavy atom. The molecule has 0 aliphatic carbocycles. The number of hydrogen-bond donors (Lipinski definition) is 3. The van der Waals surface area contributed by atoms with Crippen LogP contribution in [0.5, 0.6) is 0 Å². The number of nitrogens with one attached hydrogen (secondary N) is 1. The molecule has 8 heteroatoms. The SMILES string of the molecule is O=C(O)CN(CC(=O)O)C(=O)NCc1ccc(F)cc1. The Morgan fingerprint density at radius 1 is 1.05 bits per heavy atom. The molecule has 0 saturated carbocycles. The van der Waals surface area contributed by atoms with Crippen LogP contribution in [0.1, 0.15) is 5.56 Å². The van der Waals surface area contributed by atoms with Gasteiger partial charge in [-0.2, -0.15) is 0 Å². The van der Waals surface area contributed by atoms with E-state index in [1.54, 1.807) is 0 Å². The zero-order valence-corrected chi connectivity index (χ0v) is 10.4. The Morgan fingerprint density at radius 2 is 1.55 bits per heavy atom. The van der Waals surface area contributed by atoms with Crippen molar-refractivity contribution in [3.8, 4) is 0 Å². The number of carboxylic acids is 2. The van der Waals surface area contributed by atoms with Gasteiger partial charge in [0.1, 0.15) is 18.9 Å². The average molecular weight is 284 g/mol. The highest BCUT2D eigenvalue weighted by Crippen LogP contribution is 2.02. The van der Waals surface area contributed by atoms with Gasteiger partial charge in [0.25, 0.3) is 0 Å². The van der Waals surface area contributed by atoms with E-state index in [4.69, 9.17) is 10.2 Å². The highest BCUT2D eigenvalue weighted by molar-refractivity contribution is 5.84. The van der Waals surface area contributed by atoms with Crippen LogP contribution >= 0.6 is 0 Å². The minimum Gasteiger partial charge on any atom is -0.480 e. The van der Waals surface area contributed by atoms with Crippen LogP contribution < -0.4 is 5.32 Å². The van der Waals surface area contributed by atoms with Crippen molar-refractivity contribution in [2.24, 2.45) is 0 Å². The second-order valence-electron chi connectivity index (χ2n) is 3.93. The molecule has 0 spiro atoms. The number of carboxylic acid groups (broad SMARTS) is 2. The van der Waals surface area contributed by atoms with Gasteiger partial charge in [0.05, 0.1) is 0 Å². The molecule has 1 aromatic rings. The summed E-state index contributed by atoms with van der Waals surface area (Å²) in [7, 11) is 0. The first kappa shape index (κ1) is 15.4. The van der Waals surface area contributed by atoms with Gasteiger partial charge in [-0.1, -0.05) is 12.1 Å². The number of nitrogens with zero attached hydrogens (tertiary/aromatic N) is 1. The van der Waals surface area contributed by atoms with Crippen LogP contribution in [0.15, 0.2) is 24.3 Å². The van der Waals surface area contributed by atoms with Gasteiger partial charge < -0.3 is 20.4 Å². The molecule has 0 aliphatic rings. The van der Waals surface area contributed by atoms with Crippen molar-refractivity contribution >= 4 is 18.0 Å². The van der Waals surface area contributed by atoms with Crippen molar-refractivity contribution in [3.63, 3.8) is 0 Å². The number of urea groups is 1. The van der Waals surface area contributed by atoms with Crippen LogP contribution in [0.4, 0.5) is 9.18 Å². The monoisotopic (exact) mass is 284 g/mol. The highest BCUT2D eigenvalue weighted by atomic mass is 19.1. The van der Waals surface area contributed by atoms with E-state index in [0.717, 1.165) is 0 Å². The number of hydrogen-bond acceptors (Lipinski definition) is 3. The standard InChI is InChI=1S/C12H13FN2O5/c13-9-3-1-8(2-4-9)5-14-12(20)15(6-10(16)17)7-11(18)19/h1-4H,5-7H2,(H,14,20)(H,16,17)(H,18,19). The minimum atomic E-state index is -1.32. The van der Waals surface area contributed by atoms with Crippen LogP contribution in [0.3, 0.4) is 0 Å². The molecule has 20 heavy (non-hydrogen) atoms. The third kappa shape index (κ3) is 5.34. The molecule has 0 heterocycles. The minimum absolute atomic E-state index is 0.0366. The summed E-state index contributed by atoms with van der Waals surface area (Å²) in [6, 6.07) is 4.52. The van der Waals surface area contributed by atoms with Crippen molar-refractivity contribution in [2.75, 3.05) is 13.1 Å². The first-order valence-electron chi connectivity index (χ1n) is 5.59. The quantitative estimate of drug-likeness (QED) is 0.705. The summed E-state index contributed by atoms with van der Waals surface area (Å²) in [5.74, 6) is -3.05. The predicted molar refractivity (Wildman–Crippen MR) is 65.5 cm³/mol. The number of amides is 2. The maximum absolute atomic E-state index is 12.7. The molecule has 0 fully saturated rings. The van der Waals surface area contributed by atoms with Gasteiger partial charge in [-0.15, -0.1) is 0 Å². The van der Waals surface area contributed by atoms with Gasteiger partial charge in [-0.05, 0) is 17.7 Å². The van der Waals surface area contributed by atoms with E-state index in [9.17, 15) is 18.8 Å². The second-order valence-corrected chi connectivity index (χ2v) is 3.93. The largest absolute Gasteiger partial charge is 0.480 e. The number of carbonyl (C=O) groups excluding carboxylic acids is 1. The van der Waals surface area contributed by atoms with E-state index in [-0.39, 0.29) is 6.54 Å². The van der Waals surface area contributed by atoms with Crippen LogP contribution in [0.2, 0.25) is 0 Å². The molecule has 0 saturated heterocycles. The normalized spacial score (nSPS) is 9.85. The van der Waals surface area contributed by atoms with Crippen molar-refractivity contribution in [2.45, 2.75) is 6.54 Å². The molecule has 7 nitrogen and oxygen atoms in total. The number of aliphatic carboxylic acids is 2.